The Hall–Kier alpha value is -4.33. The maximum Gasteiger partial charge on any atom is 0.429 e. The molecule has 194 valence electrons. The minimum Gasteiger partial charge on any atom is -0.442 e. The fourth-order valence-electron chi connectivity index (χ4n) is 4.17. The van der Waals surface area contributed by atoms with E-state index in [0.29, 0.717) is 0 Å². The van der Waals surface area contributed by atoms with Crippen molar-refractivity contribution in [1.82, 2.24) is 25.4 Å². The van der Waals surface area contributed by atoms with Gasteiger partial charge in [0.25, 0.3) is 0 Å². The molecular weight excluding hydrogens is 495 g/mol. The van der Waals surface area contributed by atoms with Gasteiger partial charge in [-0.05, 0) is 12.1 Å². The molecule has 0 bridgehead atoms. The number of carbonyl (C=O) groups is 2. The molecule has 0 aliphatic carbocycles. The quantitative estimate of drug-likeness (QED) is 0.551. The van der Waals surface area contributed by atoms with Crippen molar-refractivity contribution in [3.05, 3.63) is 66.2 Å². The van der Waals surface area contributed by atoms with Crippen LogP contribution in [0.25, 0.3) is 0 Å². The highest BCUT2D eigenvalue weighted by molar-refractivity contribution is 5.90. The van der Waals surface area contributed by atoms with Crippen LogP contribution in [0.3, 0.4) is 0 Å². The molecule has 0 radical (unpaired) electrons. The van der Waals surface area contributed by atoms with E-state index in [2.05, 4.69) is 15.7 Å². The molecule has 2 aliphatic heterocycles. The molecule has 2 saturated heterocycles. The number of hydrogen-bond acceptors (Lipinski definition) is 8. The fourth-order valence-corrected chi connectivity index (χ4v) is 4.17. The minimum atomic E-state index is -0.863. The maximum absolute atomic E-state index is 15.1. The lowest BCUT2D eigenvalue weighted by atomic mass is 10.2. The van der Waals surface area contributed by atoms with Crippen LogP contribution in [0, 0.1) is 17.5 Å². The smallest absolute Gasteiger partial charge is 0.429 e. The topological polar surface area (TPSA) is 105 Å². The van der Waals surface area contributed by atoms with Crippen molar-refractivity contribution in [3.63, 3.8) is 0 Å². The molecule has 11 nitrogen and oxygen atoms in total. The van der Waals surface area contributed by atoms with Crippen LogP contribution in [-0.2, 0) is 11.3 Å². The second-order valence-corrected chi connectivity index (χ2v) is 8.37. The Morgan fingerprint density at radius 3 is 2.68 bits per heavy atom. The summed E-state index contributed by atoms with van der Waals surface area (Å²) in [7, 11) is 0. The summed E-state index contributed by atoms with van der Waals surface area (Å²) in [6.45, 7) is 0.836. The predicted molar refractivity (Wildman–Crippen MR) is 123 cm³/mol. The first-order valence-corrected chi connectivity index (χ1v) is 11.4. The highest BCUT2D eigenvalue weighted by atomic mass is 19.1. The second-order valence-electron chi connectivity index (χ2n) is 8.37. The van der Waals surface area contributed by atoms with Crippen LogP contribution in [0.15, 0.2) is 48.8 Å². The number of nitrogens with one attached hydrogen (secondary N) is 1. The van der Waals surface area contributed by atoms with Crippen molar-refractivity contribution < 1.29 is 32.2 Å². The Morgan fingerprint density at radius 1 is 1.14 bits per heavy atom. The number of halogens is 3. The van der Waals surface area contributed by atoms with Gasteiger partial charge in [0.1, 0.15) is 23.4 Å². The van der Waals surface area contributed by atoms with Gasteiger partial charge in [-0.3, -0.25) is 4.90 Å². The van der Waals surface area contributed by atoms with Crippen molar-refractivity contribution >= 4 is 23.6 Å². The lowest BCUT2D eigenvalue weighted by Crippen LogP contribution is -2.45. The van der Waals surface area contributed by atoms with Gasteiger partial charge in [0.15, 0.2) is 11.6 Å². The fraction of sp³-hybridized carbons (Fsp3) is 0.304. The largest absolute Gasteiger partial charge is 0.442 e. The van der Waals surface area contributed by atoms with Crippen LogP contribution in [0.1, 0.15) is 0 Å². The number of anilines is 2. The van der Waals surface area contributed by atoms with Crippen molar-refractivity contribution in [2.24, 2.45) is 0 Å². The third-order valence-electron chi connectivity index (χ3n) is 5.87. The van der Waals surface area contributed by atoms with Gasteiger partial charge < -0.3 is 14.4 Å². The summed E-state index contributed by atoms with van der Waals surface area (Å²) in [5.41, 5.74) is 2.58. The van der Waals surface area contributed by atoms with E-state index in [-0.39, 0.29) is 56.4 Å². The van der Waals surface area contributed by atoms with Gasteiger partial charge in [-0.25, -0.2) is 37.9 Å². The lowest BCUT2D eigenvalue weighted by Gasteiger charge is -2.25. The monoisotopic (exact) mass is 517 g/mol. The van der Waals surface area contributed by atoms with E-state index < -0.39 is 35.7 Å². The number of benzene rings is 2. The number of hydrazine groups is 1. The minimum absolute atomic E-state index is 0.0260. The average molecular weight is 517 g/mol. The van der Waals surface area contributed by atoms with Gasteiger partial charge in [-0.1, -0.05) is 11.3 Å². The molecule has 2 aromatic carbocycles. The first kappa shape index (κ1) is 24.4. The summed E-state index contributed by atoms with van der Waals surface area (Å²) in [4.78, 5) is 27.4. The van der Waals surface area contributed by atoms with E-state index in [4.69, 9.17) is 9.47 Å². The molecule has 0 saturated carbocycles. The first-order valence-electron chi connectivity index (χ1n) is 11.4. The third-order valence-corrected chi connectivity index (χ3v) is 5.87. The SMILES string of the molecule is O=C(Oc1cccc(F)c1)N1CCN(c2c(F)cc(N3C[C@H](Cn4ccnn4)OC3=O)cc2F)CCN1. The molecule has 14 heteroatoms. The first-order chi connectivity index (χ1) is 17.9. The molecule has 2 amide bonds. The lowest BCUT2D eigenvalue weighted by molar-refractivity contribution is 0.129. The van der Waals surface area contributed by atoms with Gasteiger partial charge >= 0.3 is 12.2 Å². The van der Waals surface area contributed by atoms with Gasteiger partial charge in [0.2, 0.25) is 0 Å². The van der Waals surface area contributed by atoms with Gasteiger partial charge in [0.05, 0.1) is 31.5 Å². The Bertz CT molecular complexity index is 1270. The number of rotatable bonds is 5. The van der Waals surface area contributed by atoms with Gasteiger partial charge in [-0.2, -0.15) is 0 Å². The molecular formula is C23H22F3N7O4. The number of amides is 2. The zero-order chi connectivity index (χ0) is 25.9. The number of aromatic nitrogens is 3. The van der Waals surface area contributed by atoms with E-state index >= 15 is 8.78 Å². The van der Waals surface area contributed by atoms with Gasteiger partial charge in [0, 0.05) is 44.0 Å². The molecule has 0 spiro atoms. The van der Waals surface area contributed by atoms with Crippen molar-refractivity contribution in [1.29, 1.82) is 0 Å². The van der Waals surface area contributed by atoms with Crippen molar-refractivity contribution in [2.45, 2.75) is 12.6 Å². The molecule has 2 fully saturated rings. The maximum atomic E-state index is 15.1. The van der Waals surface area contributed by atoms with Crippen LogP contribution in [0.5, 0.6) is 5.75 Å². The van der Waals surface area contributed by atoms with E-state index in [1.165, 1.54) is 34.0 Å². The summed E-state index contributed by atoms with van der Waals surface area (Å²) in [6.07, 6.45) is 1.04. The molecule has 2 aliphatic rings. The Morgan fingerprint density at radius 2 is 1.95 bits per heavy atom. The van der Waals surface area contributed by atoms with Crippen LogP contribution in [-0.4, -0.2) is 71.0 Å². The molecule has 3 heterocycles. The molecule has 37 heavy (non-hydrogen) atoms. The van der Waals surface area contributed by atoms with E-state index in [0.717, 1.165) is 28.1 Å². The number of carbonyl (C=O) groups excluding carboxylic acids is 2. The standard InChI is InChI=1S/C23H22F3N7O4/c24-15-2-1-3-17(10-15)36-23(35)33-9-8-30(6-5-28-33)21-19(25)11-16(12-20(21)26)32-14-18(37-22(32)34)13-31-7-4-27-29-31/h1-4,7,10-12,18,28H,5-6,8-9,13-14H2/t18-/m0/s1. The third kappa shape index (κ3) is 5.43. The number of hydrogen-bond donors (Lipinski definition) is 1. The summed E-state index contributed by atoms with van der Waals surface area (Å²) in [6, 6.07) is 7.28. The zero-order valence-corrected chi connectivity index (χ0v) is 19.4. The molecule has 3 aromatic rings. The summed E-state index contributed by atoms with van der Waals surface area (Å²) < 4.78 is 55.6. The summed E-state index contributed by atoms with van der Waals surface area (Å²) in [5.74, 6) is -2.25. The van der Waals surface area contributed by atoms with Crippen molar-refractivity contribution in [3.8, 4) is 5.75 Å². The highest BCUT2D eigenvalue weighted by Gasteiger charge is 2.34. The van der Waals surface area contributed by atoms with Crippen LogP contribution < -0.4 is 20.0 Å². The van der Waals surface area contributed by atoms with Crippen LogP contribution >= 0.6 is 0 Å². The van der Waals surface area contributed by atoms with Gasteiger partial charge in [-0.15, -0.1) is 5.10 Å². The Balaban J connectivity index is 1.24. The Labute approximate surface area is 208 Å². The number of nitrogens with zero attached hydrogens (tertiary/aromatic N) is 6. The number of cyclic esters (lactones) is 1. The predicted octanol–water partition coefficient (Wildman–Crippen LogP) is 2.55. The summed E-state index contributed by atoms with van der Waals surface area (Å²) >= 11 is 0. The highest BCUT2D eigenvalue weighted by Crippen LogP contribution is 2.31. The van der Waals surface area contributed by atoms with E-state index in [1.807, 2.05) is 0 Å². The van der Waals surface area contributed by atoms with Crippen LogP contribution in [0.4, 0.5) is 34.1 Å². The van der Waals surface area contributed by atoms with E-state index in [1.54, 1.807) is 6.20 Å². The Kier molecular flexibility index (Phi) is 6.81. The van der Waals surface area contributed by atoms with Crippen LogP contribution in [0.2, 0.25) is 0 Å². The molecule has 5 rings (SSSR count). The van der Waals surface area contributed by atoms with Crippen molar-refractivity contribution in [2.75, 3.05) is 42.5 Å². The molecule has 1 aromatic heterocycles. The molecule has 0 unspecified atom stereocenters. The normalized spacial score (nSPS) is 18.1. The summed E-state index contributed by atoms with van der Waals surface area (Å²) in [5, 5.41) is 8.67. The molecule has 1 atom stereocenters. The zero-order valence-electron chi connectivity index (χ0n) is 19.4. The second kappa shape index (κ2) is 10.3. The molecule has 1 N–H and O–H groups in total. The number of ether oxygens (including phenoxy) is 2. The average Bonchev–Trinajstić information content (AvgIpc) is 3.42. The van der Waals surface area contributed by atoms with E-state index in [9.17, 15) is 14.0 Å².